The SMILES string of the molecule is CC1CCN(Cc2ccc([N+](=O)[O-])o2)CC1CN. The lowest BCUT2D eigenvalue weighted by Gasteiger charge is -2.36. The van der Waals surface area contributed by atoms with Gasteiger partial charge in [0.15, 0.2) is 0 Å². The molecular formula is C12H19N3O3. The fraction of sp³-hybridized carbons (Fsp3) is 0.667. The molecule has 0 saturated carbocycles. The summed E-state index contributed by atoms with van der Waals surface area (Å²) in [7, 11) is 0. The van der Waals surface area contributed by atoms with Gasteiger partial charge in [0, 0.05) is 6.54 Å². The molecule has 0 aromatic carbocycles. The number of rotatable bonds is 4. The molecule has 0 radical (unpaired) electrons. The Bertz CT molecular complexity index is 418. The van der Waals surface area contributed by atoms with Crippen LogP contribution < -0.4 is 5.73 Å². The normalized spacial score (nSPS) is 25.2. The standard InChI is InChI=1S/C12H19N3O3/c1-9-4-5-14(7-10(9)6-13)8-11-2-3-12(18-11)15(16)17/h2-3,9-10H,4-8,13H2,1H3. The lowest BCUT2D eigenvalue weighted by atomic mass is 9.87. The van der Waals surface area contributed by atoms with E-state index in [9.17, 15) is 10.1 Å². The average Bonchev–Trinajstić information content (AvgIpc) is 2.80. The highest BCUT2D eigenvalue weighted by Gasteiger charge is 2.26. The van der Waals surface area contributed by atoms with Gasteiger partial charge in [-0.15, -0.1) is 0 Å². The Morgan fingerprint density at radius 1 is 1.61 bits per heavy atom. The molecule has 6 heteroatoms. The van der Waals surface area contributed by atoms with Crippen LogP contribution in [0.2, 0.25) is 0 Å². The van der Waals surface area contributed by atoms with Crippen LogP contribution in [0.1, 0.15) is 19.1 Å². The number of hydrogen-bond acceptors (Lipinski definition) is 5. The molecule has 2 atom stereocenters. The smallest absolute Gasteiger partial charge is 0.404 e. The van der Waals surface area contributed by atoms with Gasteiger partial charge in [-0.2, -0.15) is 0 Å². The number of nitro groups is 1. The zero-order chi connectivity index (χ0) is 13.1. The Labute approximate surface area is 106 Å². The van der Waals surface area contributed by atoms with Crippen LogP contribution in [0.3, 0.4) is 0 Å². The van der Waals surface area contributed by atoms with Crippen molar-refractivity contribution in [3.05, 3.63) is 28.0 Å². The van der Waals surface area contributed by atoms with Crippen molar-refractivity contribution in [2.75, 3.05) is 19.6 Å². The molecule has 1 fully saturated rings. The van der Waals surface area contributed by atoms with Crippen molar-refractivity contribution in [1.82, 2.24) is 4.90 Å². The van der Waals surface area contributed by atoms with Gasteiger partial charge in [0.2, 0.25) is 0 Å². The zero-order valence-corrected chi connectivity index (χ0v) is 10.5. The van der Waals surface area contributed by atoms with E-state index in [1.807, 2.05) is 0 Å². The monoisotopic (exact) mass is 253 g/mol. The van der Waals surface area contributed by atoms with Gasteiger partial charge < -0.3 is 10.2 Å². The van der Waals surface area contributed by atoms with Crippen LogP contribution in [0.5, 0.6) is 0 Å². The molecule has 0 aliphatic carbocycles. The number of nitrogens with two attached hydrogens (primary N) is 1. The molecule has 18 heavy (non-hydrogen) atoms. The van der Waals surface area contributed by atoms with Crippen LogP contribution in [0.15, 0.2) is 16.5 Å². The quantitative estimate of drug-likeness (QED) is 0.650. The van der Waals surface area contributed by atoms with Crippen molar-refractivity contribution in [2.24, 2.45) is 17.6 Å². The van der Waals surface area contributed by atoms with Gasteiger partial charge in [0.25, 0.3) is 0 Å². The minimum atomic E-state index is -0.509. The summed E-state index contributed by atoms with van der Waals surface area (Å²) < 4.78 is 5.17. The first kappa shape index (κ1) is 13.0. The first-order valence-electron chi connectivity index (χ1n) is 6.25. The lowest BCUT2D eigenvalue weighted by molar-refractivity contribution is -0.402. The summed E-state index contributed by atoms with van der Waals surface area (Å²) in [4.78, 5) is 12.3. The summed E-state index contributed by atoms with van der Waals surface area (Å²) in [6.07, 6.45) is 1.12. The molecule has 2 rings (SSSR count). The number of likely N-dealkylation sites (tertiary alicyclic amines) is 1. The lowest BCUT2D eigenvalue weighted by Crippen LogP contribution is -2.42. The molecule has 1 aliphatic rings. The van der Waals surface area contributed by atoms with Crippen molar-refractivity contribution >= 4 is 5.88 Å². The summed E-state index contributed by atoms with van der Waals surface area (Å²) in [6.45, 7) is 5.47. The maximum absolute atomic E-state index is 10.5. The first-order chi connectivity index (χ1) is 8.60. The second-order valence-corrected chi connectivity index (χ2v) is 4.99. The largest absolute Gasteiger partial charge is 0.433 e. The van der Waals surface area contributed by atoms with Crippen molar-refractivity contribution in [1.29, 1.82) is 0 Å². The van der Waals surface area contributed by atoms with E-state index >= 15 is 0 Å². The van der Waals surface area contributed by atoms with Crippen LogP contribution in [0, 0.1) is 22.0 Å². The molecule has 100 valence electrons. The predicted molar refractivity (Wildman–Crippen MR) is 67.0 cm³/mol. The maximum Gasteiger partial charge on any atom is 0.433 e. The third kappa shape index (κ3) is 2.88. The summed E-state index contributed by atoms with van der Waals surface area (Å²) in [5, 5.41) is 10.5. The van der Waals surface area contributed by atoms with Crippen molar-refractivity contribution in [3.8, 4) is 0 Å². The van der Waals surface area contributed by atoms with Crippen molar-refractivity contribution < 1.29 is 9.34 Å². The van der Waals surface area contributed by atoms with E-state index in [4.69, 9.17) is 10.2 Å². The van der Waals surface area contributed by atoms with E-state index in [0.717, 1.165) is 19.5 Å². The number of nitrogens with zero attached hydrogens (tertiary/aromatic N) is 2. The molecular weight excluding hydrogens is 234 g/mol. The highest BCUT2D eigenvalue weighted by Crippen LogP contribution is 2.24. The molecule has 6 nitrogen and oxygen atoms in total. The molecule has 1 aromatic rings. The minimum Gasteiger partial charge on any atom is -0.404 e. The average molecular weight is 253 g/mol. The van der Waals surface area contributed by atoms with E-state index in [2.05, 4.69) is 11.8 Å². The topological polar surface area (TPSA) is 85.5 Å². The molecule has 1 aromatic heterocycles. The summed E-state index contributed by atoms with van der Waals surface area (Å²) >= 11 is 0. The van der Waals surface area contributed by atoms with Gasteiger partial charge in [0.05, 0.1) is 12.6 Å². The number of piperidine rings is 1. The fourth-order valence-corrected chi connectivity index (χ4v) is 2.45. The summed E-state index contributed by atoms with van der Waals surface area (Å²) in [6, 6.07) is 3.08. The molecule has 2 heterocycles. The molecule has 1 saturated heterocycles. The summed E-state index contributed by atoms with van der Waals surface area (Å²) in [5.41, 5.74) is 5.75. The van der Waals surface area contributed by atoms with E-state index in [0.29, 0.717) is 30.7 Å². The zero-order valence-electron chi connectivity index (χ0n) is 10.5. The number of furan rings is 1. The van der Waals surface area contributed by atoms with Gasteiger partial charge in [0.1, 0.15) is 10.7 Å². The third-order valence-electron chi connectivity index (χ3n) is 3.71. The van der Waals surface area contributed by atoms with Gasteiger partial charge in [-0.1, -0.05) is 6.92 Å². The van der Waals surface area contributed by atoms with E-state index in [1.165, 1.54) is 6.07 Å². The predicted octanol–water partition coefficient (Wildman–Crippen LogP) is 1.60. The molecule has 0 bridgehead atoms. The van der Waals surface area contributed by atoms with Crippen LogP contribution in [0.4, 0.5) is 5.88 Å². The first-order valence-corrected chi connectivity index (χ1v) is 6.25. The molecule has 0 amide bonds. The van der Waals surface area contributed by atoms with Crippen molar-refractivity contribution in [2.45, 2.75) is 19.9 Å². The Balaban J connectivity index is 1.94. The molecule has 0 spiro atoms. The molecule has 2 unspecified atom stereocenters. The van der Waals surface area contributed by atoms with Crippen molar-refractivity contribution in [3.63, 3.8) is 0 Å². The van der Waals surface area contributed by atoms with E-state index < -0.39 is 4.92 Å². The van der Waals surface area contributed by atoms with Crippen LogP contribution in [-0.4, -0.2) is 29.5 Å². The minimum absolute atomic E-state index is 0.189. The van der Waals surface area contributed by atoms with E-state index in [-0.39, 0.29) is 5.88 Å². The Morgan fingerprint density at radius 3 is 3.00 bits per heavy atom. The highest BCUT2D eigenvalue weighted by atomic mass is 16.6. The Hall–Kier alpha value is -1.40. The highest BCUT2D eigenvalue weighted by molar-refractivity contribution is 5.17. The second-order valence-electron chi connectivity index (χ2n) is 4.99. The van der Waals surface area contributed by atoms with E-state index in [1.54, 1.807) is 6.07 Å². The van der Waals surface area contributed by atoms with Crippen LogP contribution in [-0.2, 0) is 6.54 Å². The fourth-order valence-electron chi connectivity index (χ4n) is 2.45. The van der Waals surface area contributed by atoms with Crippen LogP contribution in [0.25, 0.3) is 0 Å². The van der Waals surface area contributed by atoms with Gasteiger partial charge in [-0.3, -0.25) is 15.0 Å². The van der Waals surface area contributed by atoms with Crippen LogP contribution >= 0.6 is 0 Å². The Kier molecular flexibility index (Phi) is 3.98. The van der Waals surface area contributed by atoms with Gasteiger partial charge >= 0.3 is 5.88 Å². The maximum atomic E-state index is 10.5. The van der Waals surface area contributed by atoms with Gasteiger partial charge in [-0.25, -0.2) is 0 Å². The molecule has 1 aliphatic heterocycles. The second kappa shape index (κ2) is 5.49. The van der Waals surface area contributed by atoms with Gasteiger partial charge in [-0.05, 0) is 37.4 Å². The Morgan fingerprint density at radius 2 is 2.39 bits per heavy atom. The third-order valence-corrected chi connectivity index (χ3v) is 3.71. The number of hydrogen-bond donors (Lipinski definition) is 1. The molecule has 2 N–H and O–H groups in total. The summed E-state index contributed by atoms with van der Waals surface area (Å²) in [5.74, 6) is 1.61.